The van der Waals surface area contributed by atoms with E-state index in [2.05, 4.69) is 16.5 Å². The Kier molecular flexibility index (Phi) is 3.58. The van der Waals surface area contributed by atoms with Gasteiger partial charge in [-0.05, 0) is 25.3 Å². The SMILES string of the molecule is Cc1cnn(CCNC2CCCC2C#N)c1. The third-order valence-corrected chi connectivity index (χ3v) is 3.19. The van der Waals surface area contributed by atoms with Crippen LogP contribution in [0.3, 0.4) is 0 Å². The van der Waals surface area contributed by atoms with E-state index in [-0.39, 0.29) is 5.92 Å². The van der Waals surface area contributed by atoms with E-state index in [0.29, 0.717) is 6.04 Å². The number of aromatic nitrogens is 2. The molecule has 0 radical (unpaired) electrons. The number of rotatable bonds is 4. The van der Waals surface area contributed by atoms with Crippen LogP contribution in [0, 0.1) is 24.2 Å². The zero-order valence-electron chi connectivity index (χ0n) is 9.69. The molecule has 1 aliphatic rings. The summed E-state index contributed by atoms with van der Waals surface area (Å²) < 4.78 is 1.94. The highest BCUT2D eigenvalue weighted by atomic mass is 15.3. The molecule has 2 rings (SSSR count). The number of hydrogen-bond donors (Lipinski definition) is 1. The maximum absolute atomic E-state index is 8.95. The number of aryl methyl sites for hydroxylation is 1. The lowest BCUT2D eigenvalue weighted by atomic mass is 10.1. The second-order valence-corrected chi connectivity index (χ2v) is 4.51. The second kappa shape index (κ2) is 5.13. The number of nitriles is 1. The van der Waals surface area contributed by atoms with Crippen molar-refractivity contribution < 1.29 is 0 Å². The van der Waals surface area contributed by atoms with E-state index in [4.69, 9.17) is 5.26 Å². The molecule has 0 saturated heterocycles. The fraction of sp³-hybridized carbons (Fsp3) is 0.667. The van der Waals surface area contributed by atoms with E-state index in [1.807, 2.05) is 24.0 Å². The average molecular weight is 218 g/mol. The van der Waals surface area contributed by atoms with Crippen LogP contribution in [0.4, 0.5) is 0 Å². The quantitative estimate of drug-likeness (QED) is 0.832. The lowest BCUT2D eigenvalue weighted by molar-refractivity contribution is 0.440. The summed E-state index contributed by atoms with van der Waals surface area (Å²) >= 11 is 0. The fourth-order valence-corrected chi connectivity index (χ4v) is 2.31. The molecule has 0 bridgehead atoms. The highest BCUT2D eigenvalue weighted by Crippen LogP contribution is 2.24. The first kappa shape index (κ1) is 11.2. The molecule has 0 aromatic carbocycles. The van der Waals surface area contributed by atoms with Crippen molar-refractivity contribution in [2.75, 3.05) is 6.54 Å². The van der Waals surface area contributed by atoms with Crippen LogP contribution in [-0.4, -0.2) is 22.4 Å². The minimum atomic E-state index is 0.208. The van der Waals surface area contributed by atoms with Gasteiger partial charge in [0.15, 0.2) is 0 Å². The van der Waals surface area contributed by atoms with Crippen LogP contribution in [0.25, 0.3) is 0 Å². The van der Waals surface area contributed by atoms with Crippen LogP contribution in [0.2, 0.25) is 0 Å². The van der Waals surface area contributed by atoms with Gasteiger partial charge in [0.25, 0.3) is 0 Å². The molecule has 1 heterocycles. The minimum Gasteiger partial charge on any atom is -0.311 e. The molecule has 4 heteroatoms. The maximum Gasteiger partial charge on any atom is 0.0672 e. The van der Waals surface area contributed by atoms with Gasteiger partial charge in [-0.2, -0.15) is 10.4 Å². The predicted molar refractivity (Wildman–Crippen MR) is 61.7 cm³/mol. The molecular formula is C12H18N4. The Hall–Kier alpha value is -1.34. The van der Waals surface area contributed by atoms with Crippen LogP contribution in [0.1, 0.15) is 24.8 Å². The number of nitrogens with one attached hydrogen (secondary N) is 1. The van der Waals surface area contributed by atoms with Crippen molar-refractivity contribution in [2.24, 2.45) is 5.92 Å². The van der Waals surface area contributed by atoms with Gasteiger partial charge < -0.3 is 5.32 Å². The number of nitrogens with zero attached hydrogens (tertiary/aromatic N) is 3. The fourth-order valence-electron chi connectivity index (χ4n) is 2.31. The molecule has 1 N–H and O–H groups in total. The van der Waals surface area contributed by atoms with Crippen molar-refractivity contribution in [2.45, 2.75) is 38.8 Å². The molecule has 1 aromatic rings. The zero-order chi connectivity index (χ0) is 11.4. The Morgan fingerprint density at radius 1 is 1.62 bits per heavy atom. The van der Waals surface area contributed by atoms with E-state index in [9.17, 15) is 0 Å². The zero-order valence-corrected chi connectivity index (χ0v) is 9.69. The Labute approximate surface area is 96.3 Å². The summed E-state index contributed by atoms with van der Waals surface area (Å²) in [6.45, 7) is 3.81. The second-order valence-electron chi connectivity index (χ2n) is 4.51. The highest BCUT2D eigenvalue weighted by Gasteiger charge is 2.26. The van der Waals surface area contributed by atoms with E-state index in [0.717, 1.165) is 25.9 Å². The van der Waals surface area contributed by atoms with Gasteiger partial charge in [-0.15, -0.1) is 0 Å². The molecule has 0 aliphatic heterocycles. The summed E-state index contributed by atoms with van der Waals surface area (Å²) in [5.74, 6) is 0.208. The first-order chi connectivity index (χ1) is 7.79. The molecular weight excluding hydrogens is 200 g/mol. The van der Waals surface area contributed by atoms with Gasteiger partial charge in [0, 0.05) is 18.8 Å². The summed E-state index contributed by atoms with van der Waals surface area (Å²) in [6.07, 6.45) is 7.27. The lowest BCUT2D eigenvalue weighted by Crippen LogP contribution is -2.34. The van der Waals surface area contributed by atoms with Gasteiger partial charge in [0.05, 0.1) is 24.7 Å². The topological polar surface area (TPSA) is 53.6 Å². The first-order valence-electron chi connectivity index (χ1n) is 5.91. The third kappa shape index (κ3) is 2.61. The molecule has 0 amide bonds. The van der Waals surface area contributed by atoms with Crippen molar-refractivity contribution >= 4 is 0 Å². The Morgan fingerprint density at radius 2 is 2.50 bits per heavy atom. The summed E-state index contributed by atoms with van der Waals surface area (Å²) in [7, 11) is 0. The minimum absolute atomic E-state index is 0.208. The van der Waals surface area contributed by atoms with Gasteiger partial charge in [-0.25, -0.2) is 0 Å². The highest BCUT2D eigenvalue weighted by molar-refractivity contribution is 4.99. The van der Waals surface area contributed by atoms with Crippen LogP contribution in [0.5, 0.6) is 0 Å². The third-order valence-electron chi connectivity index (χ3n) is 3.19. The molecule has 1 saturated carbocycles. The van der Waals surface area contributed by atoms with Crippen LogP contribution < -0.4 is 5.32 Å². The lowest BCUT2D eigenvalue weighted by Gasteiger charge is -2.15. The van der Waals surface area contributed by atoms with E-state index >= 15 is 0 Å². The van der Waals surface area contributed by atoms with Gasteiger partial charge in [-0.1, -0.05) is 6.42 Å². The molecule has 2 atom stereocenters. The molecule has 4 nitrogen and oxygen atoms in total. The van der Waals surface area contributed by atoms with Gasteiger partial charge in [0.1, 0.15) is 0 Å². The summed E-state index contributed by atoms with van der Waals surface area (Å²) in [5.41, 5.74) is 1.19. The average Bonchev–Trinajstić information content (AvgIpc) is 2.87. The predicted octanol–water partition coefficient (Wildman–Crippen LogP) is 1.47. The molecule has 86 valence electrons. The van der Waals surface area contributed by atoms with Crippen LogP contribution in [-0.2, 0) is 6.54 Å². The summed E-state index contributed by atoms with van der Waals surface area (Å²) in [4.78, 5) is 0. The maximum atomic E-state index is 8.95. The monoisotopic (exact) mass is 218 g/mol. The first-order valence-corrected chi connectivity index (χ1v) is 5.91. The van der Waals surface area contributed by atoms with Gasteiger partial charge in [0.2, 0.25) is 0 Å². The molecule has 2 unspecified atom stereocenters. The van der Waals surface area contributed by atoms with Crippen LogP contribution >= 0.6 is 0 Å². The molecule has 1 aromatic heterocycles. The largest absolute Gasteiger partial charge is 0.311 e. The Morgan fingerprint density at radius 3 is 3.19 bits per heavy atom. The normalized spacial score (nSPS) is 24.5. The van der Waals surface area contributed by atoms with E-state index in [1.165, 1.54) is 12.0 Å². The molecule has 0 spiro atoms. The van der Waals surface area contributed by atoms with Crippen molar-refractivity contribution in [3.63, 3.8) is 0 Å². The van der Waals surface area contributed by atoms with Gasteiger partial charge >= 0.3 is 0 Å². The number of hydrogen-bond acceptors (Lipinski definition) is 3. The van der Waals surface area contributed by atoms with E-state index < -0.39 is 0 Å². The Balaban J connectivity index is 1.74. The Bertz CT molecular complexity index is 377. The van der Waals surface area contributed by atoms with Crippen LogP contribution in [0.15, 0.2) is 12.4 Å². The summed E-state index contributed by atoms with van der Waals surface area (Å²) in [6, 6.07) is 2.77. The van der Waals surface area contributed by atoms with E-state index in [1.54, 1.807) is 0 Å². The summed E-state index contributed by atoms with van der Waals surface area (Å²) in [5, 5.41) is 16.6. The van der Waals surface area contributed by atoms with Crippen molar-refractivity contribution in [3.8, 4) is 6.07 Å². The molecule has 1 aliphatic carbocycles. The van der Waals surface area contributed by atoms with Crippen molar-refractivity contribution in [3.05, 3.63) is 18.0 Å². The standard InChI is InChI=1S/C12H18N4/c1-10-8-15-16(9-10)6-5-14-12-4-2-3-11(12)7-13/h8-9,11-12,14H,2-6H2,1H3. The molecule has 1 fully saturated rings. The smallest absolute Gasteiger partial charge is 0.0672 e. The van der Waals surface area contributed by atoms with Crippen molar-refractivity contribution in [1.29, 1.82) is 5.26 Å². The van der Waals surface area contributed by atoms with Crippen molar-refractivity contribution in [1.82, 2.24) is 15.1 Å². The molecule has 16 heavy (non-hydrogen) atoms. The van der Waals surface area contributed by atoms with Gasteiger partial charge in [-0.3, -0.25) is 4.68 Å².